The summed E-state index contributed by atoms with van der Waals surface area (Å²) < 4.78 is 4.98. The summed E-state index contributed by atoms with van der Waals surface area (Å²) in [5.74, 6) is -1.34. The van der Waals surface area contributed by atoms with E-state index in [2.05, 4.69) is 5.32 Å². The highest BCUT2D eigenvalue weighted by atomic mass is 16.5. The largest absolute Gasteiger partial charge is 0.466 e. The Morgan fingerprint density at radius 1 is 0.929 bits per heavy atom. The van der Waals surface area contributed by atoms with Crippen LogP contribution in [0.15, 0.2) is 60.7 Å². The molecule has 0 aromatic heterocycles. The Bertz CT molecular complexity index is 774. The molecule has 0 saturated heterocycles. The number of ether oxygens (including phenoxy) is 1. The zero-order valence-corrected chi connectivity index (χ0v) is 16.4. The van der Waals surface area contributed by atoms with E-state index in [0.29, 0.717) is 6.42 Å². The van der Waals surface area contributed by atoms with E-state index in [4.69, 9.17) is 4.74 Å². The van der Waals surface area contributed by atoms with Crippen LogP contribution in [0.5, 0.6) is 0 Å². The number of nitrogens with one attached hydrogen (secondary N) is 1. The van der Waals surface area contributed by atoms with E-state index in [9.17, 15) is 14.4 Å². The van der Waals surface area contributed by atoms with E-state index in [1.807, 2.05) is 60.7 Å². The third-order valence-electron chi connectivity index (χ3n) is 4.41. The molecule has 0 spiro atoms. The minimum absolute atomic E-state index is 0.0297. The van der Waals surface area contributed by atoms with Gasteiger partial charge in [-0.15, -0.1) is 0 Å². The molecule has 0 heterocycles. The molecular formula is C23H27NO4. The summed E-state index contributed by atoms with van der Waals surface area (Å²) in [6.45, 7) is 3.67. The van der Waals surface area contributed by atoms with E-state index >= 15 is 0 Å². The molecule has 0 bridgehead atoms. The number of hydrogen-bond donors (Lipinski definition) is 1. The van der Waals surface area contributed by atoms with Gasteiger partial charge >= 0.3 is 5.97 Å². The highest BCUT2D eigenvalue weighted by molar-refractivity contribution is 5.92. The maximum Gasteiger partial charge on any atom is 0.309 e. The third kappa shape index (κ3) is 6.99. The zero-order chi connectivity index (χ0) is 20.4. The number of carbonyl (C=O) groups excluding carboxylic acids is 3. The summed E-state index contributed by atoms with van der Waals surface area (Å²) in [6, 6.07) is 18.2. The second kappa shape index (κ2) is 11.0. The molecule has 2 atom stereocenters. The van der Waals surface area contributed by atoms with Crippen molar-refractivity contribution < 1.29 is 19.1 Å². The monoisotopic (exact) mass is 381 g/mol. The Hall–Kier alpha value is -2.95. The first-order valence-electron chi connectivity index (χ1n) is 9.56. The van der Waals surface area contributed by atoms with Crippen molar-refractivity contribution in [2.75, 3.05) is 6.61 Å². The van der Waals surface area contributed by atoms with E-state index in [1.54, 1.807) is 13.8 Å². The molecule has 0 fully saturated rings. The summed E-state index contributed by atoms with van der Waals surface area (Å²) in [4.78, 5) is 37.2. The second-order valence-electron chi connectivity index (χ2n) is 6.80. The first-order chi connectivity index (χ1) is 13.5. The molecule has 2 rings (SSSR count). The molecule has 2 unspecified atom stereocenters. The number of benzene rings is 2. The van der Waals surface area contributed by atoms with Gasteiger partial charge in [0, 0.05) is 6.42 Å². The lowest BCUT2D eigenvalue weighted by Crippen LogP contribution is -2.44. The number of Topliss-reactive ketones (excluding diaryl/α,β-unsaturated/α-hetero) is 1. The van der Waals surface area contributed by atoms with Crippen molar-refractivity contribution in [2.45, 2.75) is 39.2 Å². The van der Waals surface area contributed by atoms with Gasteiger partial charge in [0.05, 0.1) is 25.0 Å². The number of amides is 1. The normalized spacial score (nSPS) is 12.6. The highest BCUT2D eigenvalue weighted by Crippen LogP contribution is 2.12. The van der Waals surface area contributed by atoms with Crippen molar-refractivity contribution in [2.24, 2.45) is 5.92 Å². The Morgan fingerprint density at radius 3 is 2.07 bits per heavy atom. The van der Waals surface area contributed by atoms with Crippen LogP contribution in [0.3, 0.4) is 0 Å². The van der Waals surface area contributed by atoms with Gasteiger partial charge in [0.25, 0.3) is 0 Å². The number of esters is 1. The molecular weight excluding hydrogens is 354 g/mol. The fourth-order valence-corrected chi connectivity index (χ4v) is 2.93. The van der Waals surface area contributed by atoms with Crippen LogP contribution >= 0.6 is 0 Å². The van der Waals surface area contributed by atoms with E-state index in [1.165, 1.54) is 0 Å². The van der Waals surface area contributed by atoms with Crippen molar-refractivity contribution in [1.29, 1.82) is 0 Å². The summed E-state index contributed by atoms with van der Waals surface area (Å²) in [6.07, 6.45) is 0.616. The molecule has 5 heteroatoms. The zero-order valence-electron chi connectivity index (χ0n) is 16.4. The van der Waals surface area contributed by atoms with Crippen molar-refractivity contribution in [1.82, 2.24) is 5.32 Å². The van der Waals surface area contributed by atoms with Crippen molar-refractivity contribution in [3.8, 4) is 0 Å². The van der Waals surface area contributed by atoms with Gasteiger partial charge < -0.3 is 10.1 Å². The molecule has 2 aromatic rings. The van der Waals surface area contributed by atoms with Crippen molar-refractivity contribution in [3.63, 3.8) is 0 Å². The molecule has 0 aliphatic rings. The first kappa shape index (κ1) is 21.4. The number of carbonyl (C=O) groups is 3. The average molecular weight is 381 g/mol. The van der Waals surface area contributed by atoms with Gasteiger partial charge in [-0.3, -0.25) is 14.4 Å². The van der Waals surface area contributed by atoms with Crippen LogP contribution < -0.4 is 5.32 Å². The standard InChI is InChI=1S/C23H27NO4/c1-3-28-23(27)17(2)14-21(25)20(15-18-10-6-4-7-11-18)24-22(26)16-19-12-8-5-9-13-19/h4-13,17,20H,3,14-16H2,1-2H3,(H,24,26). The number of hydrogen-bond acceptors (Lipinski definition) is 4. The smallest absolute Gasteiger partial charge is 0.309 e. The molecule has 1 amide bonds. The van der Waals surface area contributed by atoms with Crippen molar-refractivity contribution in [3.05, 3.63) is 71.8 Å². The summed E-state index contributed by atoms with van der Waals surface area (Å²) in [5.41, 5.74) is 1.83. The molecule has 1 N–H and O–H groups in total. The highest BCUT2D eigenvalue weighted by Gasteiger charge is 2.26. The van der Waals surface area contributed by atoms with Crippen LogP contribution in [0.2, 0.25) is 0 Å². The Labute approximate surface area is 166 Å². The molecule has 28 heavy (non-hydrogen) atoms. The topological polar surface area (TPSA) is 72.5 Å². The SMILES string of the molecule is CCOC(=O)C(C)CC(=O)C(Cc1ccccc1)NC(=O)Cc1ccccc1. The molecule has 0 aliphatic carbocycles. The van der Waals surface area contributed by atoms with Crippen LogP contribution in [-0.2, 0) is 32.0 Å². The van der Waals surface area contributed by atoms with Gasteiger partial charge in [-0.2, -0.15) is 0 Å². The van der Waals surface area contributed by atoms with Gasteiger partial charge in [-0.1, -0.05) is 67.6 Å². The molecule has 5 nitrogen and oxygen atoms in total. The average Bonchev–Trinajstić information content (AvgIpc) is 2.69. The molecule has 0 radical (unpaired) electrons. The number of rotatable bonds is 10. The van der Waals surface area contributed by atoms with Crippen LogP contribution in [0.4, 0.5) is 0 Å². The summed E-state index contributed by atoms with van der Waals surface area (Å²) >= 11 is 0. The fourth-order valence-electron chi connectivity index (χ4n) is 2.93. The predicted octanol–water partition coefficient (Wildman–Crippen LogP) is 3.12. The van der Waals surface area contributed by atoms with E-state index < -0.39 is 17.9 Å². The van der Waals surface area contributed by atoms with Crippen molar-refractivity contribution >= 4 is 17.7 Å². The minimum atomic E-state index is -0.685. The third-order valence-corrected chi connectivity index (χ3v) is 4.41. The second-order valence-corrected chi connectivity index (χ2v) is 6.80. The quantitative estimate of drug-likeness (QED) is 0.642. The molecule has 2 aromatic carbocycles. The van der Waals surface area contributed by atoms with Gasteiger partial charge in [-0.25, -0.2) is 0 Å². The van der Waals surface area contributed by atoms with Crippen LogP contribution in [0.1, 0.15) is 31.4 Å². The predicted molar refractivity (Wildman–Crippen MR) is 108 cm³/mol. The fraction of sp³-hybridized carbons (Fsp3) is 0.348. The van der Waals surface area contributed by atoms with Crippen LogP contribution in [0, 0.1) is 5.92 Å². The number of ketones is 1. The van der Waals surface area contributed by atoms with Crippen LogP contribution in [0.25, 0.3) is 0 Å². The Kier molecular flexibility index (Phi) is 8.40. The van der Waals surface area contributed by atoms with Crippen LogP contribution in [-0.4, -0.2) is 30.3 Å². The molecule has 0 aliphatic heterocycles. The molecule has 148 valence electrons. The summed E-state index contributed by atoms with van der Waals surface area (Å²) in [7, 11) is 0. The van der Waals surface area contributed by atoms with Gasteiger partial charge in [0.1, 0.15) is 0 Å². The van der Waals surface area contributed by atoms with E-state index in [0.717, 1.165) is 11.1 Å². The van der Waals surface area contributed by atoms with Gasteiger partial charge in [-0.05, 0) is 24.5 Å². The Morgan fingerprint density at radius 2 is 1.50 bits per heavy atom. The maximum atomic E-state index is 12.8. The first-order valence-corrected chi connectivity index (χ1v) is 9.56. The lowest BCUT2D eigenvalue weighted by molar-refractivity contribution is -0.149. The lowest BCUT2D eigenvalue weighted by atomic mass is 9.95. The van der Waals surface area contributed by atoms with Gasteiger partial charge in [0.15, 0.2) is 5.78 Å². The maximum absolute atomic E-state index is 12.8. The molecule has 0 saturated carbocycles. The van der Waals surface area contributed by atoms with E-state index in [-0.39, 0.29) is 31.1 Å². The lowest BCUT2D eigenvalue weighted by Gasteiger charge is -2.20. The van der Waals surface area contributed by atoms with Gasteiger partial charge in [0.2, 0.25) is 5.91 Å². The minimum Gasteiger partial charge on any atom is -0.466 e. The Balaban J connectivity index is 2.06. The summed E-state index contributed by atoms with van der Waals surface area (Å²) in [5, 5.41) is 2.85.